The summed E-state index contributed by atoms with van der Waals surface area (Å²) in [5, 5.41) is 5.71. The van der Waals surface area contributed by atoms with Crippen molar-refractivity contribution >= 4 is 22.5 Å². The van der Waals surface area contributed by atoms with E-state index in [1.54, 1.807) is 0 Å². The third-order valence-electron chi connectivity index (χ3n) is 4.51. The minimum absolute atomic E-state index is 0.313. The Morgan fingerprint density at radius 3 is 3.10 bits per heavy atom. The number of halogens is 1. The van der Waals surface area contributed by atoms with E-state index in [1.807, 2.05) is 6.07 Å². The number of ether oxygens (including phenoxy) is 1. The van der Waals surface area contributed by atoms with Gasteiger partial charge in [-0.2, -0.15) is 0 Å². The van der Waals surface area contributed by atoms with Crippen LogP contribution in [0.2, 0.25) is 5.02 Å². The number of fused-ring (bicyclic) bond motifs is 3. The van der Waals surface area contributed by atoms with Crippen LogP contribution in [0.25, 0.3) is 10.9 Å². The van der Waals surface area contributed by atoms with Crippen LogP contribution in [-0.2, 0) is 11.2 Å². The SMILES string of the molecule is Clc1ccc2[nH]c3c(c2c1)CCN[C@H]3CC1CC=CCO1. The van der Waals surface area contributed by atoms with E-state index in [4.69, 9.17) is 16.3 Å². The van der Waals surface area contributed by atoms with Crippen LogP contribution < -0.4 is 5.32 Å². The molecule has 3 heterocycles. The number of aromatic amines is 1. The van der Waals surface area contributed by atoms with Crippen LogP contribution in [0.3, 0.4) is 0 Å². The zero-order valence-corrected chi connectivity index (χ0v) is 12.6. The maximum absolute atomic E-state index is 6.15. The molecule has 2 aliphatic rings. The number of nitrogens with one attached hydrogen (secondary N) is 2. The van der Waals surface area contributed by atoms with Gasteiger partial charge in [-0.05, 0) is 49.6 Å². The predicted octanol–water partition coefficient (Wildman–Crippen LogP) is 3.74. The molecule has 0 fully saturated rings. The summed E-state index contributed by atoms with van der Waals surface area (Å²) in [7, 11) is 0. The quantitative estimate of drug-likeness (QED) is 0.829. The highest BCUT2D eigenvalue weighted by Crippen LogP contribution is 2.34. The molecule has 0 saturated carbocycles. The minimum atomic E-state index is 0.313. The molecule has 21 heavy (non-hydrogen) atoms. The highest BCUT2D eigenvalue weighted by atomic mass is 35.5. The molecule has 1 aromatic carbocycles. The van der Waals surface area contributed by atoms with E-state index in [0.29, 0.717) is 12.1 Å². The molecule has 0 spiro atoms. The second-order valence-corrected chi connectivity index (χ2v) is 6.30. The van der Waals surface area contributed by atoms with Crippen molar-refractivity contribution in [2.45, 2.75) is 31.4 Å². The molecule has 4 rings (SSSR count). The van der Waals surface area contributed by atoms with Crippen LogP contribution in [0.5, 0.6) is 0 Å². The van der Waals surface area contributed by atoms with Gasteiger partial charge in [0.05, 0.1) is 18.8 Å². The lowest BCUT2D eigenvalue weighted by Gasteiger charge is -2.28. The zero-order chi connectivity index (χ0) is 14.2. The monoisotopic (exact) mass is 302 g/mol. The molecule has 0 aliphatic carbocycles. The Labute approximate surface area is 129 Å². The molecule has 1 aromatic heterocycles. The van der Waals surface area contributed by atoms with Crippen LogP contribution in [-0.4, -0.2) is 24.2 Å². The van der Waals surface area contributed by atoms with Gasteiger partial charge in [0, 0.05) is 21.6 Å². The second-order valence-electron chi connectivity index (χ2n) is 5.86. The van der Waals surface area contributed by atoms with Crippen molar-refractivity contribution in [2.24, 2.45) is 0 Å². The van der Waals surface area contributed by atoms with Gasteiger partial charge in [-0.25, -0.2) is 0 Å². The highest BCUT2D eigenvalue weighted by Gasteiger charge is 2.26. The van der Waals surface area contributed by atoms with E-state index in [2.05, 4.69) is 34.6 Å². The first kappa shape index (κ1) is 13.4. The third kappa shape index (κ3) is 2.50. The predicted molar refractivity (Wildman–Crippen MR) is 85.9 cm³/mol. The van der Waals surface area contributed by atoms with Crippen LogP contribution in [0.15, 0.2) is 30.4 Å². The van der Waals surface area contributed by atoms with E-state index in [9.17, 15) is 0 Å². The highest BCUT2D eigenvalue weighted by molar-refractivity contribution is 6.31. The number of H-pyrrole nitrogens is 1. The molecule has 110 valence electrons. The van der Waals surface area contributed by atoms with Gasteiger partial charge in [-0.15, -0.1) is 0 Å². The van der Waals surface area contributed by atoms with E-state index in [-0.39, 0.29) is 0 Å². The van der Waals surface area contributed by atoms with Gasteiger partial charge < -0.3 is 15.0 Å². The van der Waals surface area contributed by atoms with Gasteiger partial charge in [0.1, 0.15) is 0 Å². The van der Waals surface area contributed by atoms with Gasteiger partial charge in [0.2, 0.25) is 0 Å². The van der Waals surface area contributed by atoms with Crippen molar-refractivity contribution in [1.82, 2.24) is 10.3 Å². The first-order chi connectivity index (χ1) is 10.3. The smallest absolute Gasteiger partial charge is 0.0651 e. The van der Waals surface area contributed by atoms with Gasteiger partial charge in [0.25, 0.3) is 0 Å². The van der Waals surface area contributed by atoms with E-state index < -0.39 is 0 Å². The summed E-state index contributed by atoms with van der Waals surface area (Å²) < 4.78 is 5.83. The second kappa shape index (κ2) is 5.48. The molecule has 0 radical (unpaired) electrons. The Morgan fingerprint density at radius 2 is 2.24 bits per heavy atom. The summed E-state index contributed by atoms with van der Waals surface area (Å²) in [5.74, 6) is 0. The molecule has 0 saturated heterocycles. The minimum Gasteiger partial charge on any atom is -0.374 e. The van der Waals surface area contributed by atoms with Crippen molar-refractivity contribution in [2.75, 3.05) is 13.2 Å². The Hall–Kier alpha value is -1.29. The van der Waals surface area contributed by atoms with Crippen molar-refractivity contribution in [3.8, 4) is 0 Å². The Bertz CT molecular complexity index is 691. The van der Waals surface area contributed by atoms with Crippen molar-refractivity contribution in [1.29, 1.82) is 0 Å². The van der Waals surface area contributed by atoms with Gasteiger partial charge in [-0.3, -0.25) is 0 Å². The molecule has 0 amide bonds. The first-order valence-electron chi connectivity index (χ1n) is 7.61. The Morgan fingerprint density at radius 1 is 1.29 bits per heavy atom. The largest absolute Gasteiger partial charge is 0.374 e. The summed E-state index contributed by atoms with van der Waals surface area (Å²) in [4.78, 5) is 3.59. The molecule has 2 aliphatic heterocycles. The summed E-state index contributed by atoms with van der Waals surface area (Å²) in [6.45, 7) is 1.76. The molecule has 1 unspecified atom stereocenters. The third-order valence-corrected chi connectivity index (χ3v) is 4.74. The number of benzene rings is 1. The average molecular weight is 303 g/mol. The van der Waals surface area contributed by atoms with Crippen LogP contribution in [0.4, 0.5) is 0 Å². The summed E-state index contributed by atoms with van der Waals surface area (Å²) >= 11 is 6.15. The van der Waals surface area contributed by atoms with Gasteiger partial charge >= 0.3 is 0 Å². The molecular weight excluding hydrogens is 284 g/mol. The maximum Gasteiger partial charge on any atom is 0.0651 e. The molecular formula is C17H19ClN2O. The first-order valence-corrected chi connectivity index (χ1v) is 7.99. The standard InChI is InChI=1S/C17H19ClN2O/c18-11-4-5-15-14(9-11)13-6-7-19-16(17(13)20-15)10-12-3-1-2-8-21-12/h1-2,4-5,9,12,16,19-20H,3,6-8,10H2/t12?,16-/m0/s1. The molecule has 2 N–H and O–H groups in total. The van der Waals surface area contributed by atoms with Crippen LogP contribution >= 0.6 is 11.6 Å². The average Bonchev–Trinajstić information content (AvgIpc) is 2.88. The lowest BCUT2D eigenvalue weighted by molar-refractivity contribution is 0.0527. The van der Waals surface area contributed by atoms with E-state index in [1.165, 1.54) is 22.2 Å². The number of hydrogen-bond donors (Lipinski definition) is 2. The Balaban J connectivity index is 1.67. The zero-order valence-electron chi connectivity index (χ0n) is 11.9. The van der Waals surface area contributed by atoms with Crippen molar-refractivity contribution in [3.05, 3.63) is 46.6 Å². The van der Waals surface area contributed by atoms with E-state index >= 15 is 0 Å². The van der Waals surface area contributed by atoms with Crippen LogP contribution in [0.1, 0.15) is 30.1 Å². The molecule has 3 nitrogen and oxygen atoms in total. The summed E-state index contributed by atoms with van der Waals surface area (Å²) in [5.41, 5.74) is 3.92. The molecule has 2 aromatic rings. The lowest BCUT2D eigenvalue weighted by Crippen LogP contribution is -2.33. The molecule has 0 bridgehead atoms. The van der Waals surface area contributed by atoms with Crippen molar-refractivity contribution < 1.29 is 4.74 Å². The Kier molecular flexibility index (Phi) is 3.49. The lowest BCUT2D eigenvalue weighted by atomic mass is 9.94. The fourth-order valence-corrected chi connectivity index (χ4v) is 3.66. The normalized spacial score (nSPS) is 25.2. The number of aromatic nitrogens is 1. The van der Waals surface area contributed by atoms with Gasteiger partial charge in [0.15, 0.2) is 0 Å². The van der Waals surface area contributed by atoms with Gasteiger partial charge in [-0.1, -0.05) is 23.8 Å². The molecule has 4 heteroatoms. The number of hydrogen-bond acceptors (Lipinski definition) is 2. The maximum atomic E-state index is 6.15. The van der Waals surface area contributed by atoms with E-state index in [0.717, 1.165) is 37.4 Å². The molecule has 2 atom stereocenters. The number of rotatable bonds is 2. The van der Waals surface area contributed by atoms with Crippen LogP contribution in [0, 0.1) is 0 Å². The topological polar surface area (TPSA) is 37.0 Å². The summed E-state index contributed by atoms with van der Waals surface area (Å²) in [6.07, 6.45) is 7.72. The summed E-state index contributed by atoms with van der Waals surface area (Å²) in [6, 6.07) is 6.45. The fraction of sp³-hybridized carbons (Fsp3) is 0.412. The fourth-order valence-electron chi connectivity index (χ4n) is 3.49. The van der Waals surface area contributed by atoms with Crippen molar-refractivity contribution in [3.63, 3.8) is 0 Å².